The van der Waals surface area contributed by atoms with Crippen LogP contribution in [-0.4, -0.2) is 71.3 Å². The number of fused-ring (bicyclic) bond motifs is 1. The second-order valence-corrected chi connectivity index (χ2v) is 10.6. The van der Waals surface area contributed by atoms with E-state index in [1.54, 1.807) is 12.1 Å². The molecule has 0 aliphatic carbocycles. The van der Waals surface area contributed by atoms with E-state index in [-0.39, 0.29) is 5.91 Å². The summed E-state index contributed by atoms with van der Waals surface area (Å²) in [4.78, 5) is 17.4. The molecule has 1 saturated heterocycles. The summed E-state index contributed by atoms with van der Waals surface area (Å²) in [6.45, 7) is 7.95. The number of carbonyl (C=O) groups is 1. The predicted octanol–water partition coefficient (Wildman–Crippen LogP) is 2.26. The van der Waals surface area contributed by atoms with Crippen molar-refractivity contribution in [1.82, 2.24) is 10.2 Å². The van der Waals surface area contributed by atoms with E-state index in [0.29, 0.717) is 24.3 Å². The first kappa shape index (κ1) is 22.6. The summed E-state index contributed by atoms with van der Waals surface area (Å²) >= 11 is 0. The van der Waals surface area contributed by atoms with E-state index in [9.17, 15) is 13.2 Å². The minimum absolute atomic E-state index is 0.109. The van der Waals surface area contributed by atoms with Gasteiger partial charge in [0.1, 0.15) is 0 Å². The van der Waals surface area contributed by atoms with Crippen molar-refractivity contribution >= 4 is 27.3 Å². The molecule has 0 unspecified atom stereocenters. The molecule has 2 aromatic rings. The number of carbonyl (C=O) groups excluding carboxylic acids is 1. The van der Waals surface area contributed by atoms with Gasteiger partial charge in [0, 0.05) is 57.1 Å². The lowest BCUT2D eigenvalue weighted by molar-refractivity contribution is 0.0947. The van der Waals surface area contributed by atoms with Crippen LogP contribution in [0.4, 0.5) is 11.4 Å². The molecule has 0 atom stereocenters. The second-order valence-electron chi connectivity index (χ2n) is 8.71. The Morgan fingerprint density at radius 1 is 1.03 bits per heavy atom. The van der Waals surface area contributed by atoms with E-state index in [1.165, 1.54) is 21.8 Å². The number of hydrogen-bond donors (Lipinski definition) is 1. The quantitative estimate of drug-likeness (QED) is 0.722. The standard InChI is InChI=1S/C24H32N4O3S/c1-19-5-3-7-22(17-19)27-15-13-26(14-16-27)12-10-25-24(29)21-8-9-23-20(18-21)6-4-11-28(23)32(2,30)31/h3,5,7-9,17-18H,4,6,10-16H2,1-2H3,(H,25,29). The monoisotopic (exact) mass is 456 g/mol. The van der Waals surface area contributed by atoms with Crippen LogP contribution in [0.25, 0.3) is 0 Å². The molecule has 0 spiro atoms. The van der Waals surface area contributed by atoms with Crippen LogP contribution in [0.1, 0.15) is 27.9 Å². The molecule has 1 fully saturated rings. The summed E-state index contributed by atoms with van der Waals surface area (Å²) < 4.78 is 25.5. The van der Waals surface area contributed by atoms with Crippen molar-refractivity contribution in [2.45, 2.75) is 19.8 Å². The van der Waals surface area contributed by atoms with Crippen molar-refractivity contribution in [3.63, 3.8) is 0 Å². The van der Waals surface area contributed by atoms with Gasteiger partial charge < -0.3 is 10.2 Å². The van der Waals surface area contributed by atoms with E-state index in [0.717, 1.165) is 51.1 Å². The molecule has 2 aliphatic heterocycles. The number of amides is 1. The molecule has 1 amide bonds. The molecule has 0 radical (unpaired) electrons. The van der Waals surface area contributed by atoms with Gasteiger partial charge in [0.25, 0.3) is 5.91 Å². The van der Waals surface area contributed by atoms with Gasteiger partial charge in [-0.25, -0.2) is 8.42 Å². The van der Waals surface area contributed by atoms with Gasteiger partial charge in [-0.15, -0.1) is 0 Å². The van der Waals surface area contributed by atoms with Crippen LogP contribution in [0, 0.1) is 6.92 Å². The van der Waals surface area contributed by atoms with Gasteiger partial charge in [0.05, 0.1) is 11.9 Å². The zero-order chi connectivity index (χ0) is 22.7. The summed E-state index contributed by atoms with van der Waals surface area (Å²) in [6, 6.07) is 13.9. The molecular weight excluding hydrogens is 424 g/mol. The number of rotatable bonds is 6. The molecule has 7 nitrogen and oxygen atoms in total. The van der Waals surface area contributed by atoms with E-state index in [2.05, 4.69) is 46.3 Å². The average Bonchev–Trinajstić information content (AvgIpc) is 2.78. The molecule has 172 valence electrons. The van der Waals surface area contributed by atoms with Crippen LogP contribution < -0.4 is 14.5 Å². The first-order valence-electron chi connectivity index (χ1n) is 11.2. The molecule has 2 aliphatic rings. The van der Waals surface area contributed by atoms with Crippen LogP contribution in [0.5, 0.6) is 0 Å². The zero-order valence-corrected chi connectivity index (χ0v) is 19.7. The molecule has 32 heavy (non-hydrogen) atoms. The molecule has 2 heterocycles. The highest BCUT2D eigenvalue weighted by Gasteiger charge is 2.25. The number of nitrogens with zero attached hydrogens (tertiary/aromatic N) is 3. The smallest absolute Gasteiger partial charge is 0.251 e. The Morgan fingerprint density at radius 3 is 2.53 bits per heavy atom. The van der Waals surface area contributed by atoms with Gasteiger partial charge in [0.2, 0.25) is 10.0 Å². The fourth-order valence-electron chi connectivity index (χ4n) is 4.53. The van der Waals surface area contributed by atoms with E-state index in [1.807, 2.05) is 6.07 Å². The Kier molecular flexibility index (Phi) is 6.71. The number of sulfonamides is 1. The molecule has 0 aromatic heterocycles. The van der Waals surface area contributed by atoms with Crippen LogP contribution >= 0.6 is 0 Å². The minimum Gasteiger partial charge on any atom is -0.369 e. The lowest BCUT2D eigenvalue weighted by Crippen LogP contribution is -2.48. The van der Waals surface area contributed by atoms with E-state index in [4.69, 9.17) is 0 Å². The van der Waals surface area contributed by atoms with Crippen LogP contribution in [0.2, 0.25) is 0 Å². The summed E-state index contributed by atoms with van der Waals surface area (Å²) in [5.74, 6) is -0.109. The second kappa shape index (κ2) is 9.50. The van der Waals surface area contributed by atoms with Crippen molar-refractivity contribution in [2.24, 2.45) is 0 Å². The zero-order valence-electron chi connectivity index (χ0n) is 18.9. The summed E-state index contributed by atoms with van der Waals surface area (Å²) in [6.07, 6.45) is 2.77. The van der Waals surface area contributed by atoms with Crippen molar-refractivity contribution in [3.8, 4) is 0 Å². The maximum atomic E-state index is 12.6. The first-order chi connectivity index (χ1) is 15.3. The van der Waals surface area contributed by atoms with Gasteiger partial charge in [-0.1, -0.05) is 12.1 Å². The minimum atomic E-state index is -3.30. The normalized spacial score (nSPS) is 17.2. The Bertz CT molecular complexity index is 1080. The molecule has 4 rings (SSSR count). The third-order valence-electron chi connectivity index (χ3n) is 6.27. The number of benzene rings is 2. The third kappa shape index (κ3) is 5.24. The van der Waals surface area contributed by atoms with Gasteiger partial charge in [-0.2, -0.15) is 0 Å². The van der Waals surface area contributed by atoms with Gasteiger partial charge >= 0.3 is 0 Å². The largest absolute Gasteiger partial charge is 0.369 e. The molecule has 0 bridgehead atoms. The number of piperazine rings is 1. The number of nitrogens with one attached hydrogen (secondary N) is 1. The highest BCUT2D eigenvalue weighted by atomic mass is 32.2. The molecule has 1 N–H and O–H groups in total. The summed E-state index contributed by atoms with van der Waals surface area (Å²) in [5.41, 5.74) is 4.75. The fraction of sp³-hybridized carbons (Fsp3) is 0.458. The lowest BCUT2D eigenvalue weighted by Gasteiger charge is -2.36. The third-order valence-corrected chi connectivity index (χ3v) is 7.45. The Hall–Kier alpha value is -2.58. The lowest BCUT2D eigenvalue weighted by atomic mass is 10.0. The predicted molar refractivity (Wildman–Crippen MR) is 129 cm³/mol. The summed E-state index contributed by atoms with van der Waals surface area (Å²) in [7, 11) is -3.30. The van der Waals surface area contributed by atoms with Gasteiger partial charge in [-0.05, 0) is 61.2 Å². The highest BCUT2D eigenvalue weighted by molar-refractivity contribution is 7.92. The van der Waals surface area contributed by atoms with Crippen molar-refractivity contribution in [2.75, 3.05) is 61.3 Å². The number of anilines is 2. The average molecular weight is 457 g/mol. The Morgan fingerprint density at radius 2 is 1.81 bits per heavy atom. The first-order valence-corrected chi connectivity index (χ1v) is 13.1. The van der Waals surface area contributed by atoms with Crippen molar-refractivity contribution in [1.29, 1.82) is 0 Å². The van der Waals surface area contributed by atoms with Crippen molar-refractivity contribution in [3.05, 3.63) is 59.2 Å². The maximum Gasteiger partial charge on any atom is 0.251 e. The van der Waals surface area contributed by atoms with E-state index >= 15 is 0 Å². The Labute approximate surface area is 191 Å². The topological polar surface area (TPSA) is 73.0 Å². The molecule has 8 heteroatoms. The van der Waals surface area contributed by atoms with Gasteiger partial charge in [0.15, 0.2) is 0 Å². The number of aryl methyl sites for hydroxylation is 2. The maximum absolute atomic E-state index is 12.6. The Balaban J connectivity index is 1.27. The summed E-state index contributed by atoms with van der Waals surface area (Å²) in [5, 5.41) is 3.02. The van der Waals surface area contributed by atoms with Gasteiger partial charge in [-0.3, -0.25) is 14.0 Å². The SMILES string of the molecule is Cc1cccc(N2CCN(CCNC(=O)c3ccc4c(c3)CCCN4S(C)(=O)=O)CC2)c1. The van der Waals surface area contributed by atoms with Crippen LogP contribution in [-0.2, 0) is 16.4 Å². The van der Waals surface area contributed by atoms with E-state index < -0.39 is 10.0 Å². The van der Waals surface area contributed by atoms with Crippen LogP contribution in [0.3, 0.4) is 0 Å². The van der Waals surface area contributed by atoms with Crippen LogP contribution in [0.15, 0.2) is 42.5 Å². The van der Waals surface area contributed by atoms with Crippen molar-refractivity contribution < 1.29 is 13.2 Å². The molecular formula is C24H32N4O3S. The molecule has 2 aromatic carbocycles. The highest BCUT2D eigenvalue weighted by Crippen LogP contribution is 2.29. The number of hydrogen-bond acceptors (Lipinski definition) is 5. The fourth-order valence-corrected chi connectivity index (χ4v) is 5.53. The molecule has 0 saturated carbocycles.